The molecule has 6 heteroatoms. The van der Waals surface area contributed by atoms with E-state index in [1.807, 2.05) is 41.3 Å². The monoisotopic (exact) mass is 382 g/mol. The number of nitrogens with zero attached hydrogens (tertiary/aromatic N) is 1. The van der Waals surface area contributed by atoms with Gasteiger partial charge in [-0.25, -0.2) is 0 Å². The third kappa shape index (κ3) is 5.25. The smallest absolute Gasteiger partial charge is 0.224 e. The molecule has 0 aliphatic carbocycles. The minimum atomic E-state index is -0.0591. The summed E-state index contributed by atoms with van der Waals surface area (Å²) < 4.78 is 10.5. The van der Waals surface area contributed by atoms with Gasteiger partial charge in [0.05, 0.1) is 14.2 Å². The zero-order valence-electron chi connectivity index (χ0n) is 16.4. The number of carbonyl (C=O) groups excluding carboxylic acids is 2. The van der Waals surface area contributed by atoms with Gasteiger partial charge in [-0.1, -0.05) is 12.1 Å². The van der Waals surface area contributed by atoms with Gasteiger partial charge in [0.25, 0.3) is 0 Å². The Kier molecular flexibility index (Phi) is 6.53. The van der Waals surface area contributed by atoms with Crippen LogP contribution in [0.5, 0.6) is 11.5 Å². The molecule has 2 amide bonds. The second-order valence-corrected chi connectivity index (χ2v) is 6.89. The van der Waals surface area contributed by atoms with Crippen LogP contribution in [0.3, 0.4) is 0 Å². The Morgan fingerprint density at radius 3 is 2.46 bits per heavy atom. The van der Waals surface area contributed by atoms with E-state index in [9.17, 15) is 9.59 Å². The summed E-state index contributed by atoms with van der Waals surface area (Å²) in [6.07, 6.45) is 2.49. The van der Waals surface area contributed by atoms with Gasteiger partial charge in [-0.05, 0) is 48.2 Å². The van der Waals surface area contributed by atoms with Crippen molar-refractivity contribution in [2.45, 2.75) is 32.2 Å². The van der Waals surface area contributed by atoms with Crippen molar-refractivity contribution in [2.24, 2.45) is 0 Å². The van der Waals surface area contributed by atoms with Gasteiger partial charge in [0.1, 0.15) is 11.5 Å². The lowest BCUT2D eigenvalue weighted by molar-refractivity contribution is -0.128. The van der Waals surface area contributed by atoms with Gasteiger partial charge < -0.3 is 19.7 Å². The minimum Gasteiger partial charge on any atom is -0.497 e. The van der Waals surface area contributed by atoms with E-state index in [-0.39, 0.29) is 11.8 Å². The first-order valence-corrected chi connectivity index (χ1v) is 9.46. The lowest BCUT2D eigenvalue weighted by atomic mass is 10.1. The van der Waals surface area contributed by atoms with Crippen LogP contribution in [0.25, 0.3) is 0 Å². The van der Waals surface area contributed by atoms with Crippen LogP contribution in [-0.2, 0) is 22.6 Å². The molecular formula is C22H26N2O4. The summed E-state index contributed by atoms with van der Waals surface area (Å²) in [5.74, 6) is 1.55. The summed E-state index contributed by atoms with van der Waals surface area (Å²) >= 11 is 0. The van der Waals surface area contributed by atoms with Gasteiger partial charge in [-0.2, -0.15) is 0 Å². The van der Waals surface area contributed by atoms with E-state index in [1.165, 1.54) is 0 Å². The molecule has 0 unspecified atom stereocenters. The van der Waals surface area contributed by atoms with Gasteiger partial charge in [-0.3, -0.25) is 9.59 Å². The third-order valence-electron chi connectivity index (χ3n) is 4.81. The summed E-state index contributed by atoms with van der Waals surface area (Å²) in [5, 5.41) is 2.94. The number of amides is 2. The Labute approximate surface area is 165 Å². The van der Waals surface area contributed by atoms with E-state index in [2.05, 4.69) is 5.32 Å². The van der Waals surface area contributed by atoms with E-state index in [0.717, 1.165) is 29.8 Å². The summed E-state index contributed by atoms with van der Waals surface area (Å²) in [5.41, 5.74) is 2.75. The Bertz CT molecular complexity index is 828. The number of nitrogens with one attached hydrogen (secondary N) is 1. The Morgan fingerprint density at radius 2 is 1.82 bits per heavy atom. The summed E-state index contributed by atoms with van der Waals surface area (Å²) in [6.45, 7) is 1.39. The molecule has 0 aromatic heterocycles. The van der Waals surface area contributed by atoms with E-state index >= 15 is 0 Å². The number of carbonyl (C=O) groups is 2. The maximum atomic E-state index is 12.4. The second kappa shape index (κ2) is 9.26. The lowest BCUT2D eigenvalue weighted by Gasteiger charge is -2.16. The molecule has 1 aliphatic heterocycles. The van der Waals surface area contributed by atoms with Gasteiger partial charge in [0, 0.05) is 37.7 Å². The van der Waals surface area contributed by atoms with Crippen molar-refractivity contribution in [3.63, 3.8) is 0 Å². The summed E-state index contributed by atoms with van der Waals surface area (Å²) in [6, 6.07) is 13.3. The SMILES string of the molecule is COc1cc(CCC(=O)Nc2cccc(CN3CCCC3=O)c2)cc(OC)c1. The maximum Gasteiger partial charge on any atom is 0.224 e. The molecule has 6 nitrogen and oxygen atoms in total. The van der Waals surface area contributed by atoms with Crippen molar-refractivity contribution in [1.82, 2.24) is 4.90 Å². The number of hydrogen-bond donors (Lipinski definition) is 1. The number of hydrogen-bond acceptors (Lipinski definition) is 4. The van der Waals surface area contributed by atoms with Gasteiger partial charge in [-0.15, -0.1) is 0 Å². The molecule has 0 spiro atoms. The van der Waals surface area contributed by atoms with Crippen LogP contribution in [0.4, 0.5) is 5.69 Å². The predicted molar refractivity (Wildman–Crippen MR) is 108 cm³/mol. The molecule has 0 bridgehead atoms. The fraction of sp³-hybridized carbons (Fsp3) is 0.364. The van der Waals surface area contributed by atoms with Crippen molar-refractivity contribution in [2.75, 3.05) is 26.1 Å². The molecule has 28 heavy (non-hydrogen) atoms. The molecule has 1 aliphatic rings. The molecule has 1 heterocycles. The molecule has 1 N–H and O–H groups in total. The van der Waals surface area contributed by atoms with Gasteiger partial charge >= 0.3 is 0 Å². The first-order valence-electron chi connectivity index (χ1n) is 9.46. The highest BCUT2D eigenvalue weighted by Crippen LogP contribution is 2.23. The summed E-state index contributed by atoms with van der Waals surface area (Å²) in [7, 11) is 3.21. The van der Waals surface area contributed by atoms with Crippen molar-refractivity contribution >= 4 is 17.5 Å². The number of benzene rings is 2. The predicted octanol–water partition coefficient (Wildman–Crippen LogP) is 3.40. The Morgan fingerprint density at radius 1 is 1.07 bits per heavy atom. The average molecular weight is 382 g/mol. The topological polar surface area (TPSA) is 67.9 Å². The van der Waals surface area contributed by atoms with Crippen LogP contribution >= 0.6 is 0 Å². The van der Waals surface area contributed by atoms with E-state index in [4.69, 9.17) is 9.47 Å². The molecule has 0 saturated carbocycles. The van der Waals surface area contributed by atoms with E-state index in [1.54, 1.807) is 20.3 Å². The Hall–Kier alpha value is -3.02. The minimum absolute atomic E-state index is 0.0591. The van der Waals surface area contributed by atoms with E-state index < -0.39 is 0 Å². The van der Waals surface area contributed by atoms with Crippen LogP contribution in [-0.4, -0.2) is 37.5 Å². The molecule has 3 rings (SSSR count). The van der Waals surface area contributed by atoms with Crippen LogP contribution in [0.15, 0.2) is 42.5 Å². The van der Waals surface area contributed by atoms with Gasteiger partial charge in [0.2, 0.25) is 11.8 Å². The zero-order chi connectivity index (χ0) is 19.9. The molecule has 0 atom stereocenters. The van der Waals surface area contributed by atoms with Crippen LogP contribution in [0, 0.1) is 0 Å². The molecule has 2 aromatic carbocycles. The molecule has 2 aromatic rings. The molecule has 1 saturated heterocycles. The largest absolute Gasteiger partial charge is 0.497 e. The highest BCUT2D eigenvalue weighted by molar-refractivity contribution is 5.91. The fourth-order valence-electron chi connectivity index (χ4n) is 3.33. The van der Waals surface area contributed by atoms with Crippen molar-refractivity contribution in [3.05, 3.63) is 53.6 Å². The van der Waals surface area contributed by atoms with Crippen molar-refractivity contribution in [3.8, 4) is 11.5 Å². The molecule has 148 valence electrons. The van der Waals surface area contributed by atoms with Gasteiger partial charge in [0.15, 0.2) is 0 Å². The number of rotatable bonds is 8. The number of ether oxygens (including phenoxy) is 2. The Balaban J connectivity index is 1.56. The van der Waals surface area contributed by atoms with Crippen LogP contribution < -0.4 is 14.8 Å². The number of aryl methyl sites for hydroxylation is 1. The number of likely N-dealkylation sites (tertiary alicyclic amines) is 1. The highest BCUT2D eigenvalue weighted by atomic mass is 16.5. The zero-order valence-corrected chi connectivity index (χ0v) is 16.4. The number of anilines is 1. The standard InChI is InChI=1S/C22H26N2O4/c1-27-19-12-16(13-20(14-19)28-2)8-9-21(25)23-18-6-3-5-17(11-18)15-24-10-4-7-22(24)26/h3,5-6,11-14H,4,7-10,15H2,1-2H3,(H,23,25). The van der Waals surface area contributed by atoms with Crippen LogP contribution in [0.1, 0.15) is 30.4 Å². The van der Waals surface area contributed by atoms with Crippen molar-refractivity contribution in [1.29, 1.82) is 0 Å². The molecule has 1 fully saturated rings. The molecule has 0 radical (unpaired) electrons. The number of methoxy groups -OCH3 is 2. The average Bonchev–Trinajstić information content (AvgIpc) is 3.10. The quantitative estimate of drug-likeness (QED) is 0.760. The normalized spacial score (nSPS) is 13.5. The first-order chi connectivity index (χ1) is 13.6. The van der Waals surface area contributed by atoms with Crippen molar-refractivity contribution < 1.29 is 19.1 Å². The fourth-order valence-corrected chi connectivity index (χ4v) is 3.33. The first kappa shape index (κ1) is 19.7. The van der Waals surface area contributed by atoms with E-state index in [0.29, 0.717) is 37.3 Å². The van der Waals surface area contributed by atoms with Crippen LogP contribution in [0.2, 0.25) is 0 Å². The maximum absolute atomic E-state index is 12.4. The molecular weight excluding hydrogens is 356 g/mol. The highest BCUT2D eigenvalue weighted by Gasteiger charge is 2.20. The second-order valence-electron chi connectivity index (χ2n) is 6.89. The summed E-state index contributed by atoms with van der Waals surface area (Å²) in [4.78, 5) is 26.0. The third-order valence-corrected chi connectivity index (χ3v) is 4.81. The lowest BCUT2D eigenvalue weighted by Crippen LogP contribution is -2.23.